The molecule has 0 bridgehead atoms. The topological polar surface area (TPSA) is 49.4 Å². The molecule has 120 valence electrons. The van der Waals surface area contributed by atoms with Gasteiger partial charge >= 0.3 is 0 Å². The number of hydrogen-bond donors (Lipinski definition) is 1. The van der Waals surface area contributed by atoms with E-state index in [1.165, 1.54) is 17.0 Å². The molecule has 2 amide bonds. The molecule has 0 aliphatic heterocycles. The van der Waals surface area contributed by atoms with E-state index < -0.39 is 5.82 Å². The lowest BCUT2D eigenvalue weighted by Gasteiger charge is -2.10. The maximum atomic E-state index is 13.3. The maximum absolute atomic E-state index is 13.3. The van der Waals surface area contributed by atoms with Crippen molar-refractivity contribution < 1.29 is 14.0 Å². The number of aryl methyl sites for hydroxylation is 1. The molecule has 2 aromatic carbocycles. The van der Waals surface area contributed by atoms with Gasteiger partial charge in [-0.1, -0.05) is 6.07 Å². The molecule has 0 radical (unpaired) electrons. The Morgan fingerprint density at radius 2 is 1.74 bits per heavy atom. The lowest BCUT2D eigenvalue weighted by molar-refractivity contribution is 0.102. The average molecular weight is 332 g/mol. The van der Waals surface area contributed by atoms with Crippen molar-refractivity contribution in [3.63, 3.8) is 0 Å². The Labute approximate surface area is 138 Å². The number of amides is 2. The van der Waals surface area contributed by atoms with Gasteiger partial charge in [0.2, 0.25) is 0 Å². The van der Waals surface area contributed by atoms with Crippen molar-refractivity contribution in [3.8, 4) is 0 Å². The largest absolute Gasteiger partial charge is 0.339 e. The van der Waals surface area contributed by atoms with E-state index in [1.807, 2.05) is 0 Å². The first-order chi connectivity index (χ1) is 10.9. The lowest BCUT2D eigenvalue weighted by atomic mass is 10.1. The van der Waals surface area contributed by atoms with Gasteiger partial charge in [0.25, 0.3) is 11.1 Å². The molecule has 0 unspecified atom stereocenters. The highest BCUT2D eigenvalue weighted by Gasteiger charge is 2.11. The first-order valence-electron chi connectivity index (χ1n) is 6.93. The Morgan fingerprint density at radius 1 is 1.09 bits per heavy atom. The predicted octanol–water partition coefficient (Wildman–Crippen LogP) is 4.16. The van der Waals surface area contributed by atoms with Crippen molar-refractivity contribution in [2.75, 3.05) is 19.4 Å². The normalized spacial score (nSPS) is 10.3. The molecule has 0 saturated heterocycles. The summed E-state index contributed by atoms with van der Waals surface area (Å²) in [4.78, 5) is 26.1. The van der Waals surface area contributed by atoms with E-state index in [9.17, 15) is 14.0 Å². The highest BCUT2D eigenvalue weighted by atomic mass is 32.2. The van der Waals surface area contributed by atoms with Gasteiger partial charge in [0.05, 0.1) is 0 Å². The van der Waals surface area contributed by atoms with Crippen molar-refractivity contribution >= 4 is 28.6 Å². The van der Waals surface area contributed by atoms with Crippen molar-refractivity contribution in [1.29, 1.82) is 0 Å². The van der Waals surface area contributed by atoms with Crippen LogP contribution in [0.15, 0.2) is 47.4 Å². The third-order valence-electron chi connectivity index (χ3n) is 3.13. The molecule has 0 aromatic heterocycles. The number of thioether (sulfide) groups is 1. The minimum absolute atomic E-state index is 0.0721. The molecule has 4 nitrogen and oxygen atoms in total. The number of nitrogens with zero attached hydrogens (tertiary/aromatic N) is 1. The second kappa shape index (κ2) is 7.28. The van der Waals surface area contributed by atoms with Crippen LogP contribution in [0.3, 0.4) is 0 Å². The Bertz CT molecular complexity index is 730. The van der Waals surface area contributed by atoms with Gasteiger partial charge in [-0.25, -0.2) is 4.39 Å². The standard InChI is InChI=1S/C17H17FN2O2S/c1-11-4-5-12(18)10-15(11)16(21)19-13-6-8-14(9-7-13)23-17(22)20(2)3/h4-10H,1-3H3,(H,19,21). The molecular weight excluding hydrogens is 315 g/mol. The third kappa shape index (κ3) is 4.56. The number of rotatable bonds is 3. The minimum atomic E-state index is -0.449. The number of hydrogen-bond acceptors (Lipinski definition) is 3. The number of halogens is 1. The van der Waals surface area contributed by atoms with E-state index in [1.54, 1.807) is 51.4 Å². The van der Waals surface area contributed by atoms with Gasteiger partial charge in [0.1, 0.15) is 5.82 Å². The summed E-state index contributed by atoms with van der Waals surface area (Å²) in [6.45, 7) is 1.75. The quantitative estimate of drug-likeness (QED) is 0.859. The zero-order valence-corrected chi connectivity index (χ0v) is 13.9. The monoisotopic (exact) mass is 332 g/mol. The summed E-state index contributed by atoms with van der Waals surface area (Å²) >= 11 is 1.10. The van der Waals surface area contributed by atoms with Crippen LogP contribution in [0.2, 0.25) is 0 Å². The van der Waals surface area contributed by atoms with Crippen LogP contribution in [0.25, 0.3) is 0 Å². The molecule has 2 rings (SSSR count). The van der Waals surface area contributed by atoms with Gasteiger partial charge in [-0.05, 0) is 60.6 Å². The van der Waals surface area contributed by atoms with Gasteiger partial charge < -0.3 is 10.2 Å². The van der Waals surface area contributed by atoms with Crippen molar-refractivity contribution in [3.05, 3.63) is 59.4 Å². The number of carbonyl (C=O) groups is 2. The second-order valence-electron chi connectivity index (χ2n) is 5.20. The highest BCUT2D eigenvalue weighted by Crippen LogP contribution is 2.23. The van der Waals surface area contributed by atoms with Crippen LogP contribution in [-0.2, 0) is 0 Å². The number of anilines is 1. The molecule has 0 spiro atoms. The molecule has 0 aliphatic carbocycles. The summed E-state index contributed by atoms with van der Waals surface area (Å²) in [5.41, 5.74) is 1.58. The minimum Gasteiger partial charge on any atom is -0.339 e. The number of carbonyl (C=O) groups excluding carboxylic acids is 2. The molecule has 0 atom stereocenters. The first-order valence-corrected chi connectivity index (χ1v) is 7.75. The molecule has 0 fully saturated rings. The number of nitrogens with one attached hydrogen (secondary N) is 1. The summed E-state index contributed by atoms with van der Waals surface area (Å²) in [5, 5.41) is 2.65. The predicted molar refractivity (Wildman–Crippen MR) is 90.5 cm³/mol. The summed E-state index contributed by atoms with van der Waals surface area (Å²) in [5.74, 6) is -0.818. The maximum Gasteiger partial charge on any atom is 0.285 e. The fourth-order valence-corrected chi connectivity index (χ4v) is 2.49. The average Bonchev–Trinajstić information content (AvgIpc) is 2.51. The lowest BCUT2D eigenvalue weighted by Crippen LogP contribution is -2.16. The second-order valence-corrected chi connectivity index (χ2v) is 6.22. The van der Waals surface area contributed by atoms with Crippen molar-refractivity contribution in [1.82, 2.24) is 4.90 Å². The zero-order chi connectivity index (χ0) is 17.0. The van der Waals surface area contributed by atoms with E-state index in [-0.39, 0.29) is 11.1 Å². The van der Waals surface area contributed by atoms with E-state index in [2.05, 4.69) is 5.32 Å². The van der Waals surface area contributed by atoms with Crippen LogP contribution in [0, 0.1) is 12.7 Å². The molecule has 0 heterocycles. The van der Waals surface area contributed by atoms with Crippen LogP contribution in [0.1, 0.15) is 15.9 Å². The third-order valence-corrected chi connectivity index (χ3v) is 4.17. The summed E-state index contributed by atoms with van der Waals surface area (Å²) < 4.78 is 13.3. The Kier molecular flexibility index (Phi) is 5.39. The molecule has 6 heteroatoms. The van der Waals surface area contributed by atoms with Gasteiger partial charge in [-0.15, -0.1) is 0 Å². The van der Waals surface area contributed by atoms with Gasteiger partial charge in [-0.2, -0.15) is 0 Å². The van der Waals surface area contributed by atoms with Crippen LogP contribution >= 0.6 is 11.8 Å². The molecule has 23 heavy (non-hydrogen) atoms. The molecular formula is C17H17FN2O2S. The van der Waals surface area contributed by atoms with Gasteiger partial charge in [0.15, 0.2) is 0 Å². The van der Waals surface area contributed by atoms with Gasteiger partial charge in [0, 0.05) is 30.2 Å². The molecule has 0 aliphatic rings. The van der Waals surface area contributed by atoms with Crippen LogP contribution < -0.4 is 5.32 Å². The van der Waals surface area contributed by atoms with E-state index in [4.69, 9.17) is 0 Å². The fourth-order valence-electron chi connectivity index (χ4n) is 1.84. The van der Waals surface area contributed by atoms with Crippen LogP contribution in [0.4, 0.5) is 14.9 Å². The summed E-state index contributed by atoms with van der Waals surface area (Å²) in [6.07, 6.45) is 0. The first kappa shape index (κ1) is 17.0. The van der Waals surface area contributed by atoms with E-state index in [0.717, 1.165) is 16.7 Å². The van der Waals surface area contributed by atoms with Gasteiger partial charge in [-0.3, -0.25) is 9.59 Å². The van der Waals surface area contributed by atoms with E-state index >= 15 is 0 Å². The summed E-state index contributed by atoms with van der Waals surface area (Å²) in [6, 6.07) is 11.0. The van der Waals surface area contributed by atoms with Crippen LogP contribution in [0.5, 0.6) is 0 Å². The van der Waals surface area contributed by atoms with Crippen LogP contribution in [-0.4, -0.2) is 30.1 Å². The molecule has 1 N–H and O–H groups in total. The van der Waals surface area contributed by atoms with Crippen molar-refractivity contribution in [2.45, 2.75) is 11.8 Å². The molecule has 2 aromatic rings. The Balaban J connectivity index is 2.07. The fraction of sp³-hybridized carbons (Fsp3) is 0.176. The van der Waals surface area contributed by atoms with E-state index in [0.29, 0.717) is 16.8 Å². The van der Waals surface area contributed by atoms with Crippen molar-refractivity contribution in [2.24, 2.45) is 0 Å². The Hall–Kier alpha value is -2.34. The zero-order valence-electron chi connectivity index (χ0n) is 13.1. The highest BCUT2D eigenvalue weighted by molar-refractivity contribution is 8.13. The molecule has 0 saturated carbocycles. The number of benzene rings is 2. The summed E-state index contributed by atoms with van der Waals surface area (Å²) in [7, 11) is 3.37. The SMILES string of the molecule is Cc1ccc(F)cc1C(=O)Nc1ccc(SC(=O)N(C)C)cc1. The Morgan fingerprint density at radius 3 is 2.35 bits per heavy atom. The smallest absolute Gasteiger partial charge is 0.285 e.